The third kappa shape index (κ3) is 7.06. The molecule has 1 saturated heterocycles. The van der Waals surface area contributed by atoms with Gasteiger partial charge < -0.3 is 20.3 Å². The van der Waals surface area contributed by atoms with E-state index in [4.69, 9.17) is 27.9 Å². The van der Waals surface area contributed by atoms with Crippen LogP contribution in [0, 0.1) is 5.92 Å². The molecule has 2 aliphatic carbocycles. The Balaban J connectivity index is 1.19. The van der Waals surface area contributed by atoms with Gasteiger partial charge in [0.05, 0.1) is 31.6 Å². The lowest BCUT2D eigenvalue weighted by molar-refractivity contribution is -0.140. The van der Waals surface area contributed by atoms with Crippen molar-refractivity contribution in [3.05, 3.63) is 64.7 Å². The molecule has 50 heavy (non-hydrogen) atoms. The summed E-state index contributed by atoms with van der Waals surface area (Å²) in [7, 11) is -3.94. The summed E-state index contributed by atoms with van der Waals surface area (Å²) in [5, 5.41) is 7.42. The maximum absolute atomic E-state index is 14.5. The largest absolute Gasteiger partial charge is 0.465 e. The summed E-state index contributed by atoms with van der Waals surface area (Å²) in [5.41, 5.74) is -0.0521. The van der Waals surface area contributed by atoms with E-state index in [1.807, 2.05) is 36.4 Å². The molecular weight excluding hydrogens is 721 g/mol. The molecule has 5 atom stereocenters. The summed E-state index contributed by atoms with van der Waals surface area (Å²) < 4.78 is 34.7. The second-order valence-electron chi connectivity index (χ2n) is 14.0. The van der Waals surface area contributed by atoms with E-state index in [-0.39, 0.29) is 31.2 Å². The van der Waals surface area contributed by atoms with Crippen molar-refractivity contribution in [2.24, 2.45) is 5.92 Å². The number of anilines is 1. The van der Waals surface area contributed by atoms with Crippen molar-refractivity contribution < 1.29 is 27.5 Å². The summed E-state index contributed by atoms with van der Waals surface area (Å²) in [6.45, 7) is 1.72. The number of amides is 3. The third-order valence-electron chi connectivity index (χ3n) is 10.3. The lowest BCUT2D eigenvalue weighted by Gasteiger charge is -2.30. The number of fused-ring (bicyclic) bond motifs is 3. The number of hydrogen-bond donors (Lipinski definition) is 3. The lowest BCUT2D eigenvalue weighted by atomic mass is 10.0. The van der Waals surface area contributed by atoms with Crippen molar-refractivity contribution in [3.8, 4) is 5.19 Å². The molecule has 3 aromatic rings. The van der Waals surface area contributed by atoms with Gasteiger partial charge in [0, 0.05) is 18.0 Å². The van der Waals surface area contributed by atoms with Crippen LogP contribution < -0.4 is 20.1 Å². The second kappa shape index (κ2) is 13.6. The van der Waals surface area contributed by atoms with E-state index in [0.29, 0.717) is 40.2 Å². The molecule has 3 heterocycles. The lowest BCUT2D eigenvalue weighted by Crippen LogP contribution is -2.58. The number of aromatic nitrogens is 1. The van der Waals surface area contributed by atoms with Crippen LogP contribution in [0.15, 0.2) is 54.6 Å². The first-order valence-corrected chi connectivity index (χ1v) is 20.0. The summed E-state index contributed by atoms with van der Waals surface area (Å²) in [6, 6.07) is 11.0. The van der Waals surface area contributed by atoms with Crippen LogP contribution in [0.1, 0.15) is 64.7 Å². The minimum absolute atomic E-state index is 0.113. The molecule has 0 radical (unpaired) electrons. The van der Waals surface area contributed by atoms with Crippen molar-refractivity contribution in [1.82, 2.24) is 19.9 Å². The molecule has 3 amide bonds. The number of sulfonamides is 1. The first-order valence-electron chi connectivity index (χ1n) is 17.0. The number of para-hydroxylation sites is 1. The van der Waals surface area contributed by atoms with Crippen molar-refractivity contribution >= 4 is 78.2 Å². The number of nitrogens with one attached hydrogen (secondary N) is 3. The number of allylic oxidation sites excluding steroid dienone is 1. The molecule has 11 nitrogen and oxygen atoms in total. The van der Waals surface area contributed by atoms with Gasteiger partial charge in [0.1, 0.15) is 23.7 Å². The molecule has 0 bridgehead atoms. The van der Waals surface area contributed by atoms with Gasteiger partial charge in [-0.2, -0.15) is 0 Å². The van der Waals surface area contributed by atoms with Crippen molar-refractivity contribution in [2.45, 2.75) is 93.2 Å². The predicted octanol–water partition coefficient (Wildman–Crippen LogP) is 5.83. The summed E-state index contributed by atoms with van der Waals surface area (Å²) >= 11 is 13.8. The predicted molar refractivity (Wildman–Crippen MR) is 194 cm³/mol. The number of rotatable bonds is 7. The van der Waals surface area contributed by atoms with E-state index in [1.165, 1.54) is 16.2 Å². The Morgan fingerprint density at radius 1 is 1.10 bits per heavy atom. The molecule has 2 aromatic carbocycles. The normalized spacial score (nSPS) is 28.7. The molecule has 15 heteroatoms. The van der Waals surface area contributed by atoms with E-state index in [9.17, 15) is 22.8 Å². The molecule has 4 aliphatic rings. The molecule has 1 aromatic heterocycles. The number of nitrogens with zero attached hydrogens (tertiary/aromatic N) is 2. The molecular formula is C35H39Cl2N5O6S2. The van der Waals surface area contributed by atoms with E-state index in [2.05, 4.69) is 20.3 Å². The van der Waals surface area contributed by atoms with Crippen LogP contribution in [0.4, 0.5) is 5.69 Å². The topological polar surface area (TPSA) is 147 Å². The number of thiazole rings is 1. The van der Waals surface area contributed by atoms with Crippen molar-refractivity contribution in [3.63, 3.8) is 0 Å². The van der Waals surface area contributed by atoms with Gasteiger partial charge in [-0.25, -0.2) is 13.4 Å². The van der Waals surface area contributed by atoms with Gasteiger partial charge in [0.25, 0.3) is 11.1 Å². The maximum atomic E-state index is 14.5. The van der Waals surface area contributed by atoms with Gasteiger partial charge >= 0.3 is 0 Å². The molecule has 3 N–H and O–H groups in total. The standard InChI is InChI=1S/C35H39Cl2N5O6S2/c1-34(15-16-34)50(46,47)41-32(45)35-19-21(35)9-5-3-2-4-6-11-27(38-22-13-14-24(36)25(37)17-22)31(44)42-20-23(18-28(42)30(43)40-35)48-33-39-26-10-7-8-12-29(26)49-33/h5,7-10,12-14,17,21,23,27-28,38H,2-4,6,11,15-16,18-20H2,1H3,(H,40,43)(H,41,45)/b9-5-/t21-,23-,27+,28+,35-/m1/s1. The van der Waals surface area contributed by atoms with Crippen LogP contribution in [0.25, 0.3) is 10.2 Å². The molecule has 7 rings (SSSR count). The Bertz CT molecular complexity index is 1930. The molecule has 2 saturated carbocycles. The number of halogens is 2. The average Bonchev–Trinajstić information content (AvgIpc) is 3.88. The van der Waals surface area contributed by atoms with Crippen LogP contribution in [-0.2, 0) is 24.4 Å². The van der Waals surface area contributed by atoms with Gasteiger partial charge in [-0.1, -0.05) is 71.7 Å². The minimum atomic E-state index is -3.94. The van der Waals surface area contributed by atoms with Gasteiger partial charge in [-0.15, -0.1) is 0 Å². The summed E-state index contributed by atoms with van der Waals surface area (Å²) in [5.74, 6) is -1.98. The van der Waals surface area contributed by atoms with Crippen molar-refractivity contribution in [2.75, 3.05) is 11.9 Å². The van der Waals surface area contributed by atoms with Gasteiger partial charge in [0.15, 0.2) is 0 Å². The van der Waals surface area contributed by atoms with Crippen LogP contribution >= 0.6 is 34.5 Å². The van der Waals surface area contributed by atoms with Crippen molar-refractivity contribution in [1.29, 1.82) is 0 Å². The Morgan fingerprint density at radius 2 is 1.90 bits per heavy atom. The van der Waals surface area contributed by atoms with E-state index in [0.717, 1.165) is 35.9 Å². The quantitative estimate of drug-likeness (QED) is 0.255. The van der Waals surface area contributed by atoms with Gasteiger partial charge in [-0.05, 0) is 75.8 Å². The zero-order valence-corrected chi connectivity index (χ0v) is 30.6. The minimum Gasteiger partial charge on any atom is -0.465 e. The summed E-state index contributed by atoms with van der Waals surface area (Å²) in [6.07, 6.45) is 8.38. The smallest absolute Gasteiger partial charge is 0.274 e. The highest BCUT2D eigenvalue weighted by Crippen LogP contribution is 2.47. The maximum Gasteiger partial charge on any atom is 0.274 e. The van der Waals surface area contributed by atoms with E-state index in [1.54, 1.807) is 25.1 Å². The van der Waals surface area contributed by atoms with E-state index >= 15 is 0 Å². The molecule has 0 unspecified atom stereocenters. The Hall–Kier alpha value is -3.39. The SMILES string of the molecule is CC1(S(=O)(=O)NC(=O)[C@@]23C[C@H]2/C=C\CCCCC[C@H](Nc2ccc(Cl)c(Cl)c2)C(=O)N2C[C@H](Oc4nc5ccccc5s4)C[C@H]2C(=O)N3)CC1. The highest BCUT2D eigenvalue weighted by molar-refractivity contribution is 7.91. The van der Waals surface area contributed by atoms with E-state index < -0.39 is 50.3 Å². The Labute approximate surface area is 305 Å². The van der Waals surface area contributed by atoms with Gasteiger partial charge in [-0.3, -0.25) is 19.1 Å². The zero-order valence-electron chi connectivity index (χ0n) is 27.5. The van der Waals surface area contributed by atoms with Crippen LogP contribution in [0.2, 0.25) is 10.0 Å². The number of benzene rings is 2. The zero-order chi connectivity index (χ0) is 35.3. The fourth-order valence-corrected chi connectivity index (χ4v) is 9.27. The number of carbonyl (C=O) groups excluding carboxylic acids is 3. The fourth-order valence-electron chi connectivity index (χ4n) is 6.78. The first kappa shape index (κ1) is 35.0. The monoisotopic (exact) mass is 759 g/mol. The van der Waals surface area contributed by atoms with Crippen LogP contribution in [-0.4, -0.2) is 71.0 Å². The molecule has 266 valence electrons. The fraction of sp³-hybridized carbons (Fsp3) is 0.486. The van der Waals surface area contributed by atoms with Crippen LogP contribution in [0.5, 0.6) is 5.19 Å². The average molecular weight is 761 g/mol. The molecule has 3 fully saturated rings. The number of carbonyl (C=O) groups is 3. The third-order valence-corrected chi connectivity index (χ3v) is 14.1. The Morgan fingerprint density at radius 3 is 2.66 bits per heavy atom. The Kier molecular flexibility index (Phi) is 9.55. The molecule has 0 spiro atoms. The van der Waals surface area contributed by atoms with Crippen LogP contribution in [0.3, 0.4) is 0 Å². The number of hydrogen-bond acceptors (Lipinski definition) is 9. The summed E-state index contributed by atoms with van der Waals surface area (Å²) in [4.78, 5) is 48.7. The highest BCUT2D eigenvalue weighted by atomic mass is 35.5. The number of ether oxygens (including phenoxy) is 1. The van der Waals surface area contributed by atoms with Gasteiger partial charge in [0.2, 0.25) is 21.8 Å². The first-order chi connectivity index (χ1) is 23.9. The molecule has 2 aliphatic heterocycles. The second-order valence-corrected chi connectivity index (χ2v) is 18.0. The highest BCUT2D eigenvalue weighted by Gasteiger charge is 2.63.